The number of nitrogens with zero attached hydrogens (tertiary/aromatic N) is 5. The van der Waals surface area contributed by atoms with E-state index in [2.05, 4.69) is 15.3 Å². The number of fused-ring (bicyclic) bond motifs is 3. The van der Waals surface area contributed by atoms with Crippen molar-refractivity contribution in [1.29, 1.82) is 0 Å². The van der Waals surface area contributed by atoms with Gasteiger partial charge in [-0.05, 0) is 35.7 Å². The summed E-state index contributed by atoms with van der Waals surface area (Å²) >= 11 is 0. The lowest BCUT2D eigenvalue weighted by Crippen LogP contribution is -2.22. The Morgan fingerprint density at radius 2 is 1.75 bits per heavy atom. The maximum absolute atomic E-state index is 13.1. The van der Waals surface area contributed by atoms with Crippen LogP contribution in [0.2, 0.25) is 0 Å². The largest absolute Gasteiger partial charge is 0.493 e. The van der Waals surface area contributed by atoms with Gasteiger partial charge in [-0.1, -0.05) is 36.4 Å². The summed E-state index contributed by atoms with van der Waals surface area (Å²) in [6.45, 7) is 0.498. The van der Waals surface area contributed by atoms with Crippen molar-refractivity contribution in [1.82, 2.24) is 24.4 Å². The molecule has 0 atom stereocenters. The summed E-state index contributed by atoms with van der Waals surface area (Å²) < 4.78 is 14.0. The fourth-order valence-corrected chi connectivity index (χ4v) is 3.81. The third-order valence-corrected chi connectivity index (χ3v) is 5.51. The van der Waals surface area contributed by atoms with Gasteiger partial charge >= 0.3 is 0 Å². The van der Waals surface area contributed by atoms with Gasteiger partial charge in [-0.3, -0.25) is 4.79 Å². The van der Waals surface area contributed by atoms with E-state index in [4.69, 9.17) is 9.47 Å². The predicted octanol–water partition coefficient (Wildman–Crippen LogP) is 3.37. The van der Waals surface area contributed by atoms with Crippen molar-refractivity contribution in [3.05, 3.63) is 82.9 Å². The van der Waals surface area contributed by atoms with Crippen LogP contribution in [-0.4, -0.2) is 38.6 Å². The second-order valence-corrected chi connectivity index (χ2v) is 7.35. The van der Waals surface area contributed by atoms with E-state index in [1.807, 2.05) is 54.6 Å². The number of aryl methyl sites for hydroxylation is 2. The molecule has 0 radical (unpaired) electrons. The van der Waals surface area contributed by atoms with Crippen LogP contribution in [0.15, 0.2) is 71.8 Å². The van der Waals surface area contributed by atoms with Gasteiger partial charge in [-0.2, -0.15) is 5.10 Å². The average molecular weight is 427 g/mol. The van der Waals surface area contributed by atoms with Crippen LogP contribution in [0.1, 0.15) is 5.56 Å². The standard InChI is InChI=1S/C24H21N5O3/c1-31-20-9-8-16(14-21(20)32-2)10-12-28-13-11-19-22(24(28)30)26-27-23-18(15-25-29(19)23)17-6-4-3-5-7-17/h3-9,11,13-15H,10,12H2,1-2H3. The van der Waals surface area contributed by atoms with Gasteiger partial charge in [0, 0.05) is 18.3 Å². The maximum atomic E-state index is 13.1. The van der Waals surface area contributed by atoms with Gasteiger partial charge in [0.25, 0.3) is 5.56 Å². The summed E-state index contributed by atoms with van der Waals surface area (Å²) in [7, 11) is 3.21. The normalized spacial score (nSPS) is 11.2. The van der Waals surface area contributed by atoms with Crippen LogP contribution >= 0.6 is 0 Å². The van der Waals surface area contributed by atoms with Gasteiger partial charge < -0.3 is 14.0 Å². The van der Waals surface area contributed by atoms with E-state index in [1.165, 1.54) is 0 Å². The number of aromatic nitrogens is 5. The molecule has 3 heterocycles. The molecule has 0 bridgehead atoms. The van der Waals surface area contributed by atoms with E-state index >= 15 is 0 Å². The summed E-state index contributed by atoms with van der Waals surface area (Å²) in [6, 6.07) is 17.5. The molecule has 8 nitrogen and oxygen atoms in total. The molecule has 0 fully saturated rings. The summed E-state index contributed by atoms with van der Waals surface area (Å²) in [5.74, 6) is 1.34. The number of hydrogen-bond donors (Lipinski definition) is 0. The fraction of sp³-hybridized carbons (Fsp3) is 0.167. The molecule has 8 heteroatoms. The molecule has 2 aromatic carbocycles. The number of pyridine rings is 1. The second-order valence-electron chi connectivity index (χ2n) is 7.35. The van der Waals surface area contributed by atoms with E-state index in [-0.39, 0.29) is 11.1 Å². The Hall–Kier alpha value is -4.20. The van der Waals surface area contributed by atoms with E-state index in [0.29, 0.717) is 35.6 Å². The molecule has 0 spiro atoms. The Bertz CT molecular complexity index is 1470. The van der Waals surface area contributed by atoms with Gasteiger partial charge in [0.1, 0.15) is 5.52 Å². The first kappa shape index (κ1) is 19.7. The first-order valence-corrected chi connectivity index (χ1v) is 10.2. The second kappa shape index (κ2) is 8.14. The van der Waals surface area contributed by atoms with Gasteiger partial charge in [0.05, 0.1) is 20.4 Å². The SMILES string of the molecule is COc1ccc(CCn2ccc3c(nnc4c(-c5ccccc5)cnn43)c2=O)cc1OC. The number of methoxy groups -OCH3 is 2. The number of hydrogen-bond acceptors (Lipinski definition) is 6. The lowest BCUT2D eigenvalue weighted by Gasteiger charge is -2.11. The molecule has 160 valence electrons. The minimum atomic E-state index is -0.200. The number of rotatable bonds is 6. The third-order valence-electron chi connectivity index (χ3n) is 5.51. The molecule has 5 rings (SSSR count). The summed E-state index contributed by atoms with van der Waals surface area (Å²) in [5.41, 5.74) is 4.24. The van der Waals surface area contributed by atoms with Crippen LogP contribution in [0.4, 0.5) is 0 Å². The summed E-state index contributed by atoms with van der Waals surface area (Å²) in [5, 5.41) is 13.0. The molecule has 0 N–H and O–H groups in total. The highest BCUT2D eigenvalue weighted by Crippen LogP contribution is 2.28. The maximum Gasteiger partial charge on any atom is 0.280 e. The summed E-state index contributed by atoms with van der Waals surface area (Å²) in [4.78, 5) is 13.1. The van der Waals surface area contributed by atoms with Gasteiger partial charge in [0.15, 0.2) is 22.7 Å². The predicted molar refractivity (Wildman–Crippen MR) is 121 cm³/mol. The smallest absolute Gasteiger partial charge is 0.280 e. The van der Waals surface area contributed by atoms with Crippen molar-refractivity contribution in [3.63, 3.8) is 0 Å². The quantitative estimate of drug-likeness (QED) is 0.413. The molecule has 0 saturated carbocycles. The highest BCUT2D eigenvalue weighted by molar-refractivity contribution is 5.82. The Labute approximate surface area is 183 Å². The monoisotopic (exact) mass is 427 g/mol. The minimum absolute atomic E-state index is 0.200. The average Bonchev–Trinajstić information content (AvgIpc) is 3.28. The van der Waals surface area contributed by atoms with Crippen molar-refractivity contribution in [2.45, 2.75) is 13.0 Å². The van der Waals surface area contributed by atoms with E-state index in [9.17, 15) is 4.79 Å². The van der Waals surface area contributed by atoms with Crippen LogP contribution in [-0.2, 0) is 13.0 Å². The fourth-order valence-electron chi connectivity index (χ4n) is 3.81. The van der Waals surface area contributed by atoms with Crippen molar-refractivity contribution < 1.29 is 9.47 Å². The molecule has 0 aliphatic carbocycles. The zero-order chi connectivity index (χ0) is 22.1. The molecular weight excluding hydrogens is 406 g/mol. The van der Waals surface area contributed by atoms with Crippen LogP contribution in [0.3, 0.4) is 0 Å². The molecule has 0 amide bonds. The highest BCUT2D eigenvalue weighted by atomic mass is 16.5. The van der Waals surface area contributed by atoms with E-state index in [0.717, 1.165) is 16.7 Å². The summed E-state index contributed by atoms with van der Waals surface area (Å²) in [6.07, 6.45) is 4.18. The molecule has 0 saturated heterocycles. The molecule has 5 aromatic rings. The Morgan fingerprint density at radius 3 is 2.53 bits per heavy atom. The van der Waals surface area contributed by atoms with Crippen LogP contribution in [0.5, 0.6) is 11.5 Å². The molecule has 0 unspecified atom stereocenters. The van der Waals surface area contributed by atoms with Gasteiger partial charge in [-0.15, -0.1) is 10.2 Å². The molecular formula is C24H21N5O3. The molecule has 32 heavy (non-hydrogen) atoms. The Balaban J connectivity index is 1.48. The Kier molecular flexibility index (Phi) is 5.03. The van der Waals surface area contributed by atoms with Gasteiger partial charge in [0.2, 0.25) is 0 Å². The number of benzene rings is 2. The lowest BCUT2D eigenvalue weighted by atomic mass is 10.1. The highest BCUT2D eigenvalue weighted by Gasteiger charge is 2.14. The first-order valence-electron chi connectivity index (χ1n) is 10.2. The van der Waals surface area contributed by atoms with Crippen LogP contribution in [0.25, 0.3) is 27.8 Å². The molecule has 0 aliphatic rings. The zero-order valence-electron chi connectivity index (χ0n) is 17.7. The Morgan fingerprint density at radius 1 is 0.938 bits per heavy atom. The van der Waals surface area contributed by atoms with Crippen molar-refractivity contribution in [3.8, 4) is 22.6 Å². The topological polar surface area (TPSA) is 83.5 Å². The van der Waals surface area contributed by atoms with E-state index in [1.54, 1.807) is 35.7 Å². The third kappa shape index (κ3) is 3.35. The zero-order valence-corrected chi connectivity index (χ0v) is 17.7. The van der Waals surface area contributed by atoms with Crippen LogP contribution in [0, 0.1) is 0 Å². The van der Waals surface area contributed by atoms with Crippen LogP contribution < -0.4 is 15.0 Å². The van der Waals surface area contributed by atoms with Gasteiger partial charge in [-0.25, -0.2) is 4.52 Å². The van der Waals surface area contributed by atoms with Crippen molar-refractivity contribution >= 4 is 16.7 Å². The van der Waals surface area contributed by atoms with E-state index < -0.39 is 0 Å². The first-order chi connectivity index (χ1) is 15.7. The lowest BCUT2D eigenvalue weighted by molar-refractivity contribution is 0.354. The van der Waals surface area contributed by atoms with Crippen molar-refractivity contribution in [2.24, 2.45) is 0 Å². The minimum Gasteiger partial charge on any atom is -0.493 e. The van der Waals surface area contributed by atoms with Crippen molar-refractivity contribution in [2.75, 3.05) is 14.2 Å². The molecule has 0 aliphatic heterocycles. The number of ether oxygens (including phenoxy) is 2. The molecule has 3 aromatic heterocycles.